The second-order valence-corrected chi connectivity index (χ2v) is 7.18. The van der Waals surface area contributed by atoms with E-state index in [0.717, 1.165) is 17.8 Å². The Labute approximate surface area is 124 Å². The Morgan fingerprint density at radius 3 is 2.65 bits per heavy atom. The van der Waals surface area contributed by atoms with Crippen LogP contribution in [0.4, 0.5) is 0 Å². The summed E-state index contributed by atoms with van der Waals surface area (Å²) >= 11 is 1.33. The number of hydrogen-bond donors (Lipinski definition) is 0. The van der Waals surface area contributed by atoms with Gasteiger partial charge in [0.25, 0.3) is 5.03 Å². The number of hydrogen-bond acceptors (Lipinski definition) is 3. The first-order chi connectivity index (χ1) is 9.47. The third-order valence-electron chi connectivity index (χ3n) is 3.61. The Morgan fingerprint density at radius 1 is 1.40 bits per heavy atom. The van der Waals surface area contributed by atoms with Crippen LogP contribution in [-0.4, -0.2) is 29.1 Å². The SMILES string of the molecule is C[C@@H]1C[C@H](C)CN(C(=O)[C@H](C)Sc2cccc[n+]2[O-])C1. The molecule has 0 spiro atoms. The molecule has 2 heterocycles. The van der Waals surface area contributed by atoms with E-state index in [0.29, 0.717) is 16.9 Å². The zero-order chi connectivity index (χ0) is 14.7. The highest BCUT2D eigenvalue weighted by Gasteiger charge is 2.29. The van der Waals surface area contributed by atoms with Crippen molar-refractivity contribution in [2.75, 3.05) is 13.1 Å². The van der Waals surface area contributed by atoms with E-state index in [1.165, 1.54) is 24.4 Å². The van der Waals surface area contributed by atoms with Gasteiger partial charge in [-0.3, -0.25) is 4.79 Å². The highest BCUT2D eigenvalue weighted by Crippen LogP contribution is 2.26. The van der Waals surface area contributed by atoms with Crippen LogP contribution in [0.15, 0.2) is 29.4 Å². The summed E-state index contributed by atoms with van der Waals surface area (Å²) in [7, 11) is 0. The van der Waals surface area contributed by atoms with Crippen molar-refractivity contribution in [3.8, 4) is 0 Å². The number of rotatable bonds is 3. The number of carbonyl (C=O) groups excluding carboxylic acids is 1. The zero-order valence-corrected chi connectivity index (χ0v) is 13.1. The molecule has 1 aliphatic rings. The minimum Gasteiger partial charge on any atom is -0.618 e. The van der Waals surface area contributed by atoms with Gasteiger partial charge in [-0.1, -0.05) is 13.8 Å². The molecule has 1 aliphatic heterocycles. The van der Waals surface area contributed by atoms with Crippen molar-refractivity contribution in [2.45, 2.75) is 37.5 Å². The lowest BCUT2D eigenvalue weighted by molar-refractivity contribution is -0.645. The number of amides is 1. The van der Waals surface area contributed by atoms with Crippen LogP contribution in [0.25, 0.3) is 0 Å². The number of likely N-dealkylation sites (tertiary alicyclic amines) is 1. The molecule has 1 amide bonds. The fourth-order valence-electron chi connectivity index (χ4n) is 2.84. The van der Waals surface area contributed by atoms with Crippen molar-refractivity contribution < 1.29 is 9.52 Å². The van der Waals surface area contributed by atoms with Crippen LogP contribution in [0, 0.1) is 17.0 Å². The average molecular weight is 294 g/mol. The molecule has 1 fully saturated rings. The topological polar surface area (TPSA) is 47.2 Å². The minimum atomic E-state index is -0.227. The number of piperidine rings is 1. The number of thioether (sulfide) groups is 1. The van der Waals surface area contributed by atoms with Gasteiger partial charge in [-0.15, -0.1) is 0 Å². The van der Waals surface area contributed by atoms with Gasteiger partial charge in [-0.05, 0) is 43.0 Å². The van der Waals surface area contributed by atoms with Gasteiger partial charge in [0.1, 0.15) is 0 Å². The van der Waals surface area contributed by atoms with Crippen LogP contribution in [0.1, 0.15) is 27.2 Å². The van der Waals surface area contributed by atoms with E-state index >= 15 is 0 Å². The molecule has 1 aromatic rings. The largest absolute Gasteiger partial charge is 0.618 e. The fraction of sp³-hybridized carbons (Fsp3) is 0.600. The van der Waals surface area contributed by atoms with Crippen LogP contribution in [0.2, 0.25) is 0 Å². The van der Waals surface area contributed by atoms with E-state index in [1.54, 1.807) is 12.1 Å². The Morgan fingerprint density at radius 2 is 2.05 bits per heavy atom. The highest BCUT2D eigenvalue weighted by atomic mass is 32.2. The molecule has 0 aliphatic carbocycles. The second-order valence-electron chi connectivity index (χ2n) is 5.81. The third kappa shape index (κ3) is 3.66. The summed E-state index contributed by atoms with van der Waals surface area (Å²) in [5.74, 6) is 1.25. The highest BCUT2D eigenvalue weighted by molar-refractivity contribution is 8.00. The van der Waals surface area contributed by atoms with E-state index < -0.39 is 0 Å². The van der Waals surface area contributed by atoms with Crippen LogP contribution < -0.4 is 4.73 Å². The van der Waals surface area contributed by atoms with Crippen molar-refractivity contribution >= 4 is 17.7 Å². The summed E-state index contributed by atoms with van der Waals surface area (Å²) < 4.78 is 0.815. The predicted octanol–water partition coefficient (Wildman–Crippen LogP) is 2.31. The fourth-order valence-corrected chi connectivity index (χ4v) is 3.77. The summed E-state index contributed by atoms with van der Waals surface area (Å²) in [6.07, 6.45) is 2.65. The Bertz CT molecular complexity index is 471. The van der Waals surface area contributed by atoms with E-state index in [9.17, 15) is 10.0 Å². The first-order valence-electron chi connectivity index (χ1n) is 7.11. The summed E-state index contributed by atoms with van der Waals surface area (Å²) in [5.41, 5.74) is 0. The molecule has 5 heteroatoms. The minimum absolute atomic E-state index is 0.136. The van der Waals surface area contributed by atoms with Gasteiger partial charge in [-0.2, -0.15) is 4.73 Å². The number of aromatic nitrogens is 1. The van der Waals surface area contributed by atoms with Crippen molar-refractivity contribution in [2.24, 2.45) is 11.8 Å². The molecule has 0 bridgehead atoms. The Hall–Kier alpha value is -1.23. The van der Waals surface area contributed by atoms with Crippen LogP contribution in [-0.2, 0) is 4.79 Å². The molecule has 1 aromatic heterocycles. The number of nitrogens with zero attached hydrogens (tertiary/aromatic N) is 2. The van der Waals surface area contributed by atoms with E-state index in [2.05, 4.69) is 13.8 Å². The molecule has 0 saturated carbocycles. The smallest absolute Gasteiger partial charge is 0.252 e. The average Bonchev–Trinajstić information content (AvgIpc) is 2.39. The predicted molar refractivity (Wildman–Crippen MR) is 80.2 cm³/mol. The molecule has 0 unspecified atom stereocenters. The van der Waals surface area contributed by atoms with E-state index in [4.69, 9.17) is 0 Å². The molecule has 20 heavy (non-hydrogen) atoms. The Kier molecular flexibility index (Phi) is 4.91. The van der Waals surface area contributed by atoms with Gasteiger partial charge >= 0.3 is 0 Å². The lowest BCUT2D eigenvalue weighted by atomic mass is 9.92. The molecule has 2 rings (SSSR count). The summed E-state index contributed by atoms with van der Waals surface area (Å²) in [5, 5.41) is 12.0. The van der Waals surface area contributed by atoms with Crippen LogP contribution >= 0.6 is 11.8 Å². The molecule has 0 radical (unpaired) electrons. The van der Waals surface area contributed by atoms with Gasteiger partial charge in [0.2, 0.25) is 5.91 Å². The normalized spacial score (nSPS) is 24.4. The molecule has 0 N–H and O–H groups in total. The lowest BCUT2D eigenvalue weighted by Crippen LogP contribution is -2.45. The van der Waals surface area contributed by atoms with Gasteiger partial charge in [0.15, 0.2) is 6.20 Å². The van der Waals surface area contributed by atoms with Crippen molar-refractivity contribution in [3.05, 3.63) is 29.6 Å². The zero-order valence-electron chi connectivity index (χ0n) is 12.3. The molecule has 0 aromatic carbocycles. The molecular formula is C15H22N2O2S. The first-order valence-corrected chi connectivity index (χ1v) is 7.99. The summed E-state index contributed by atoms with van der Waals surface area (Å²) in [6.45, 7) is 7.93. The summed E-state index contributed by atoms with van der Waals surface area (Å²) in [4.78, 5) is 14.5. The molecule has 4 nitrogen and oxygen atoms in total. The van der Waals surface area contributed by atoms with Crippen molar-refractivity contribution in [3.63, 3.8) is 0 Å². The summed E-state index contributed by atoms with van der Waals surface area (Å²) in [6, 6.07) is 5.26. The van der Waals surface area contributed by atoms with Gasteiger partial charge in [-0.25, -0.2) is 0 Å². The number of pyridine rings is 1. The maximum Gasteiger partial charge on any atom is 0.252 e. The second kappa shape index (κ2) is 6.48. The number of carbonyl (C=O) groups is 1. The van der Waals surface area contributed by atoms with Crippen LogP contribution in [0.3, 0.4) is 0 Å². The standard InChI is InChI=1S/C15H22N2O2S/c1-11-8-12(2)10-16(9-11)15(18)13(3)20-14-6-4-5-7-17(14)19/h4-7,11-13H,8-10H2,1-3H3/t11-,12+,13-/m0/s1. The maximum atomic E-state index is 12.5. The van der Waals surface area contributed by atoms with Crippen molar-refractivity contribution in [1.82, 2.24) is 4.90 Å². The van der Waals surface area contributed by atoms with E-state index in [1.807, 2.05) is 17.9 Å². The van der Waals surface area contributed by atoms with Crippen LogP contribution in [0.5, 0.6) is 0 Å². The molecule has 1 saturated heterocycles. The quantitative estimate of drug-likeness (QED) is 0.488. The van der Waals surface area contributed by atoms with Gasteiger partial charge < -0.3 is 10.1 Å². The van der Waals surface area contributed by atoms with Crippen molar-refractivity contribution in [1.29, 1.82) is 0 Å². The van der Waals surface area contributed by atoms with Gasteiger partial charge in [0.05, 0.1) is 5.25 Å². The molecular weight excluding hydrogens is 272 g/mol. The monoisotopic (exact) mass is 294 g/mol. The van der Waals surface area contributed by atoms with E-state index in [-0.39, 0.29) is 11.2 Å². The first kappa shape index (κ1) is 15.2. The lowest BCUT2D eigenvalue weighted by Gasteiger charge is -2.36. The Balaban J connectivity index is 2.00. The third-order valence-corrected chi connectivity index (χ3v) is 4.73. The molecule has 3 atom stereocenters. The van der Waals surface area contributed by atoms with Gasteiger partial charge in [0, 0.05) is 25.2 Å². The maximum absolute atomic E-state index is 12.5. The molecule has 110 valence electrons.